The average molecular weight is 578 g/mol. The molecule has 11 nitrogen and oxygen atoms in total. The van der Waals surface area contributed by atoms with Gasteiger partial charge in [0.15, 0.2) is 12.0 Å². The summed E-state index contributed by atoms with van der Waals surface area (Å²) in [5.74, 6) is 10.5. The van der Waals surface area contributed by atoms with E-state index >= 15 is 0 Å². The first-order valence-electron chi connectivity index (χ1n) is 10.0. The van der Waals surface area contributed by atoms with E-state index in [2.05, 4.69) is 63.2 Å². The van der Waals surface area contributed by atoms with Crippen molar-refractivity contribution in [2.45, 2.75) is 58.3 Å². The number of hydrogen-bond acceptors (Lipinski definition) is 8. The number of carbonyl (C=O) groups excluding carboxylic acids is 1. The molecule has 2 atom stereocenters. The topological polar surface area (TPSA) is 172 Å². The van der Waals surface area contributed by atoms with Crippen LogP contribution in [-0.2, 0) is 11.2 Å². The normalized spacial score (nSPS) is 13.9. The third kappa shape index (κ3) is 9.51. The monoisotopic (exact) mass is 576 g/mol. The van der Waals surface area contributed by atoms with Crippen molar-refractivity contribution in [3.63, 3.8) is 0 Å². The molecule has 8 N–H and O–H groups in total. The summed E-state index contributed by atoms with van der Waals surface area (Å²) in [5.41, 5.74) is 5.32. The molecule has 13 heteroatoms. The summed E-state index contributed by atoms with van der Waals surface area (Å²) in [4.78, 5) is 20.9. The molecule has 0 bridgehead atoms. The van der Waals surface area contributed by atoms with E-state index in [4.69, 9.17) is 16.4 Å². The number of amides is 1. The van der Waals surface area contributed by atoms with E-state index in [9.17, 15) is 10.0 Å². The van der Waals surface area contributed by atoms with Gasteiger partial charge in [-0.25, -0.2) is 21.7 Å². The maximum absolute atomic E-state index is 12.6. The van der Waals surface area contributed by atoms with Crippen LogP contribution in [0.15, 0.2) is 36.2 Å². The summed E-state index contributed by atoms with van der Waals surface area (Å²) in [7, 11) is 0. The molecule has 0 aromatic heterocycles. The minimum Gasteiger partial charge on any atom is -0.466 e. The smallest absolute Gasteiger partial charge is 0.271 e. The Labute approximate surface area is 204 Å². The van der Waals surface area contributed by atoms with E-state index in [1.165, 1.54) is 12.7 Å². The fraction of sp³-hybridized carbons (Fsp3) is 0.474. The van der Waals surface area contributed by atoms with Crippen LogP contribution >= 0.6 is 31.9 Å². The van der Waals surface area contributed by atoms with Gasteiger partial charge in [0.1, 0.15) is 18.2 Å². The fourth-order valence-corrected chi connectivity index (χ4v) is 4.15. The lowest BCUT2D eigenvalue weighted by molar-refractivity contribution is -0.115. The number of hydrazine groups is 2. The van der Waals surface area contributed by atoms with Gasteiger partial charge in [-0.3, -0.25) is 4.79 Å². The van der Waals surface area contributed by atoms with E-state index < -0.39 is 18.3 Å². The van der Waals surface area contributed by atoms with Crippen LogP contribution < -0.4 is 32.6 Å². The molecule has 32 heavy (non-hydrogen) atoms. The highest BCUT2D eigenvalue weighted by molar-refractivity contribution is 9.11. The number of rotatable bonds is 14. The fourth-order valence-electron chi connectivity index (χ4n) is 2.68. The molecular formula is C19H30Br2N8O3. The standard InChI is InChI=1S/C19H30Br2N8O3/c1-3-5-16(24-10-26-22)28-19(30)15(29-31)9-12-7-13(20)18(14(21)8-12)32-17(6-4-2)25-11-27-23/h7-8,10-11,16-17,31H,3-6,9,22-23H2,1-2H3,(H,24,26)(H,25,27)(H,28,30). The lowest BCUT2D eigenvalue weighted by Crippen LogP contribution is -2.39. The Morgan fingerprint density at radius 1 is 1.12 bits per heavy atom. The van der Waals surface area contributed by atoms with Gasteiger partial charge in [0, 0.05) is 12.8 Å². The van der Waals surface area contributed by atoms with Crippen molar-refractivity contribution in [2.24, 2.45) is 26.8 Å². The molecule has 178 valence electrons. The summed E-state index contributed by atoms with van der Waals surface area (Å²) >= 11 is 6.99. The van der Waals surface area contributed by atoms with Crippen LogP contribution in [0.1, 0.15) is 45.1 Å². The third-order valence-electron chi connectivity index (χ3n) is 4.11. The number of ether oxygens (including phenoxy) is 1. The lowest BCUT2D eigenvalue weighted by atomic mass is 10.1. The SMILES string of the molecule is CCCC(N=CNN)NC(=O)C(Cc1cc(Br)c(OC(CCC)N=CNN)c(Br)c1)=NO. The van der Waals surface area contributed by atoms with Crippen LogP contribution in [0.4, 0.5) is 0 Å². The Morgan fingerprint density at radius 3 is 2.25 bits per heavy atom. The van der Waals surface area contributed by atoms with Gasteiger partial charge in [-0.2, -0.15) is 0 Å². The van der Waals surface area contributed by atoms with E-state index in [1.54, 1.807) is 12.1 Å². The van der Waals surface area contributed by atoms with Crippen LogP contribution in [-0.4, -0.2) is 41.9 Å². The zero-order valence-corrected chi connectivity index (χ0v) is 21.2. The number of aliphatic imine (C=N–C) groups is 2. The zero-order chi connectivity index (χ0) is 23.9. The second-order valence-corrected chi connectivity index (χ2v) is 8.35. The second-order valence-electron chi connectivity index (χ2n) is 6.64. The van der Waals surface area contributed by atoms with Gasteiger partial charge in [-0.1, -0.05) is 31.8 Å². The van der Waals surface area contributed by atoms with Crippen LogP contribution in [0.2, 0.25) is 0 Å². The Morgan fingerprint density at radius 2 is 1.72 bits per heavy atom. The molecule has 0 heterocycles. The number of nitrogens with two attached hydrogens (primary N) is 2. The van der Waals surface area contributed by atoms with Crippen molar-refractivity contribution in [2.75, 3.05) is 0 Å². The number of hydrogen-bond donors (Lipinski definition) is 6. The largest absolute Gasteiger partial charge is 0.466 e. The molecule has 0 radical (unpaired) electrons. The first-order valence-corrected chi connectivity index (χ1v) is 11.6. The quantitative estimate of drug-likeness (QED) is 0.0647. The number of nitrogens with one attached hydrogen (secondary N) is 3. The molecule has 1 rings (SSSR count). The van der Waals surface area contributed by atoms with Gasteiger partial charge in [0.25, 0.3) is 5.91 Å². The molecule has 0 aliphatic heterocycles. The summed E-state index contributed by atoms with van der Waals surface area (Å²) in [5, 5.41) is 15.3. The van der Waals surface area contributed by atoms with Crippen LogP contribution in [0.5, 0.6) is 5.75 Å². The van der Waals surface area contributed by atoms with E-state index in [0.717, 1.165) is 18.4 Å². The molecule has 0 saturated carbocycles. The number of oxime groups is 1. The Kier molecular flexibility index (Phi) is 13.5. The van der Waals surface area contributed by atoms with E-state index in [-0.39, 0.29) is 12.1 Å². The highest BCUT2D eigenvalue weighted by Crippen LogP contribution is 2.36. The molecule has 0 spiro atoms. The number of benzene rings is 1. The van der Waals surface area contributed by atoms with Crippen LogP contribution in [0.3, 0.4) is 0 Å². The van der Waals surface area contributed by atoms with Gasteiger partial charge < -0.3 is 26.1 Å². The predicted molar refractivity (Wildman–Crippen MR) is 133 cm³/mol. The van der Waals surface area contributed by atoms with Crippen LogP contribution in [0, 0.1) is 0 Å². The molecule has 2 unspecified atom stereocenters. The zero-order valence-electron chi connectivity index (χ0n) is 18.0. The summed E-state index contributed by atoms with van der Waals surface area (Å²) in [6.45, 7) is 3.99. The van der Waals surface area contributed by atoms with Gasteiger partial charge in [-0.15, -0.1) is 0 Å². The van der Waals surface area contributed by atoms with Crippen molar-refractivity contribution in [1.29, 1.82) is 0 Å². The highest BCUT2D eigenvalue weighted by Gasteiger charge is 2.19. The minimum atomic E-state index is -0.528. The minimum absolute atomic E-state index is 0.0584. The van der Waals surface area contributed by atoms with Crippen molar-refractivity contribution in [1.82, 2.24) is 16.2 Å². The van der Waals surface area contributed by atoms with Crippen molar-refractivity contribution < 1.29 is 14.7 Å². The Bertz CT molecular complexity index is 797. The van der Waals surface area contributed by atoms with Gasteiger partial charge >= 0.3 is 0 Å². The van der Waals surface area contributed by atoms with E-state index in [1.807, 2.05) is 13.8 Å². The maximum Gasteiger partial charge on any atom is 0.271 e. The maximum atomic E-state index is 12.6. The van der Waals surface area contributed by atoms with Gasteiger partial charge in [0.2, 0.25) is 0 Å². The molecule has 0 aliphatic rings. The summed E-state index contributed by atoms with van der Waals surface area (Å²) < 4.78 is 7.30. The number of halogens is 2. The first-order chi connectivity index (χ1) is 15.4. The molecule has 1 aromatic carbocycles. The third-order valence-corrected chi connectivity index (χ3v) is 5.28. The van der Waals surface area contributed by atoms with Crippen molar-refractivity contribution >= 4 is 56.2 Å². The molecule has 0 saturated heterocycles. The summed E-state index contributed by atoms with van der Waals surface area (Å²) in [6, 6.07) is 3.57. The molecule has 1 aromatic rings. The Hall–Kier alpha value is -2.22. The van der Waals surface area contributed by atoms with Gasteiger partial charge in [-0.05, 0) is 56.0 Å². The predicted octanol–water partition coefficient (Wildman–Crippen LogP) is 2.31. The highest BCUT2D eigenvalue weighted by atomic mass is 79.9. The molecular weight excluding hydrogens is 548 g/mol. The number of nitrogens with zero attached hydrogens (tertiary/aromatic N) is 3. The molecule has 0 fully saturated rings. The summed E-state index contributed by atoms with van der Waals surface area (Å²) in [6.07, 6.45) is 4.81. The first kappa shape index (κ1) is 27.8. The van der Waals surface area contributed by atoms with Crippen LogP contribution in [0.25, 0.3) is 0 Å². The number of carbonyl (C=O) groups is 1. The van der Waals surface area contributed by atoms with Gasteiger partial charge in [0.05, 0.1) is 15.3 Å². The second kappa shape index (κ2) is 15.6. The Balaban J connectivity index is 2.98. The van der Waals surface area contributed by atoms with Crippen molar-refractivity contribution in [3.8, 4) is 5.75 Å². The van der Waals surface area contributed by atoms with E-state index in [0.29, 0.717) is 27.5 Å². The average Bonchev–Trinajstić information content (AvgIpc) is 2.76. The molecule has 1 amide bonds. The lowest BCUT2D eigenvalue weighted by Gasteiger charge is -2.18. The van der Waals surface area contributed by atoms with Crippen molar-refractivity contribution in [3.05, 3.63) is 26.6 Å². The molecule has 0 aliphatic carbocycles.